The smallest absolute Gasteiger partial charge is 0.0607 e. The van der Waals surface area contributed by atoms with Gasteiger partial charge in [-0.2, -0.15) is 0 Å². The van der Waals surface area contributed by atoms with Gasteiger partial charge in [-0.25, -0.2) is 0 Å². The second-order valence-electron chi connectivity index (χ2n) is 2.97. The predicted molar refractivity (Wildman–Crippen MR) is 53.8 cm³/mol. The summed E-state index contributed by atoms with van der Waals surface area (Å²) in [6.45, 7) is 1.95. The fraction of sp³-hybridized carbons (Fsp3) is 0.556. The lowest BCUT2D eigenvalue weighted by atomic mass is 10.2. The molecule has 0 radical (unpaired) electrons. The summed E-state index contributed by atoms with van der Waals surface area (Å²) < 4.78 is 0. The van der Waals surface area contributed by atoms with E-state index in [2.05, 4.69) is 5.32 Å². The van der Waals surface area contributed by atoms with E-state index in [1.54, 1.807) is 11.3 Å². The first-order valence-corrected chi connectivity index (χ1v) is 5.17. The summed E-state index contributed by atoms with van der Waals surface area (Å²) in [5, 5.41) is 22.9. The molecule has 0 spiro atoms. The van der Waals surface area contributed by atoms with Crippen LogP contribution in [0.4, 0.5) is 0 Å². The second kappa shape index (κ2) is 5.34. The first kappa shape index (κ1) is 10.7. The molecule has 0 saturated heterocycles. The Morgan fingerprint density at radius 1 is 1.46 bits per heavy atom. The first-order valence-electron chi connectivity index (χ1n) is 4.29. The minimum absolute atomic E-state index is 0.0355. The SMILES string of the molecule is C[C@@H](NC(CO)CO)c1cccs1. The van der Waals surface area contributed by atoms with Gasteiger partial charge in [0.05, 0.1) is 19.3 Å². The van der Waals surface area contributed by atoms with Gasteiger partial charge in [-0.1, -0.05) is 6.07 Å². The molecule has 13 heavy (non-hydrogen) atoms. The number of thiophene rings is 1. The fourth-order valence-corrected chi connectivity index (χ4v) is 1.88. The summed E-state index contributed by atoms with van der Waals surface area (Å²) in [6, 6.07) is 3.99. The predicted octanol–water partition coefficient (Wildman–Crippen LogP) is 0.752. The zero-order valence-electron chi connectivity index (χ0n) is 7.60. The van der Waals surface area contributed by atoms with Gasteiger partial charge < -0.3 is 15.5 Å². The molecule has 0 aliphatic rings. The lowest BCUT2D eigenvalue weighted by Gasteiger charge is -2.18. The Morgan fingerprint density at radius 2 is 2.15 bits per heavy atom. The van der Waals surface area contributed by atoms with E-state index in [-0.39, 0.29) is 25.3 Å². The van der Waals surface area contributed by atoms with Gasteiger partial charge in [0.25, 0.3) is 0 Å². The van der Waals surface area contributed by atoms with Crippen LogP contribution in [-0.4, -0.2) is 29.5 Å². The van der Waals surface area contributed by atoms with Gasteiger partial charge in [0, 0.05) is 10.9 Å². The van der Waals surface area contributed by atoms with E-state index in [9.17, 15) is 0 Å². The maximum Gasteiger partial charge on any atom is 0.0607 e. The Morgan fingerprint density at radius 3 is 2.62 bits per heavy atom. The van der Waals surface area contributed by atoms with Crippen molar-refractivity contribution in [3.63, 3.8) is 0 Å². The molecule has 0 aliphatic carbocycles. The molecular weight excluding hydrogens is 186 g/mol. The summed E-state index contributed by atoms with van der Waals surface area (Å²) in [7, 11) is 0. The third-order valence-corrected chi connectivity index (χ3v) is 2.95. The Kier molecular flexibility index (Phi) is 4.38. The van der Waals surface area contributed by atoms with Gasteiger partial charge in [-0.05, 0) is 18.4 Å². The third-order valence-electron chi connectivity index (χ3n) is 1.90. The summed E-state index contributed by atoms with van der Waals surface area (Å²) in [5.41, 5.74) is 0. The second-order valence-corrected chi connectivity index (χ2v) is 3.95. The molecule has 1 heterocycles. The van der Waals surface area contributed by atoms with Crippen molar-refractivity contribution in [2.24, 2.45) is 0 Å². The van der Waals surface area contributed by atoms with Gasteiger partial charge in [-0.15, -0.1) is 11.3 Å². The van der Waals surface area contributed by atoms with Crippen molar-refractivity contribution in [2.75, 3.05) is 13.2 Å². The van der Waals surface area contributed by atoms with Crippen molar-refractivity contribution in [1.29, 1.82) is 0 Å². The van der Waals surface area contributed by atoms with Crippen molar-refractivity contribution in [2.45, 2.75) is 19.0 Å². The van der Waals surface area contributed by atoms with Crippen molar-refractivity contribution in [3.8, 4) is 0 Å². The average molecular weight is 201 g/mol. The van der Waals surface area contributed by atoms with Crippen LogP contribution in [0.25, 0.3) is 0 Å². The van der Waals surface area contributed by atoms with E-state index in [1.165, 1.54) is 4.88 Å². The van der Waals surface area contributed by atoms with Crippen LogP contribution in [0.5, 0.6) is 0 Å². The van der Waals surface area contributed by atoms with Crippen LogP contribution in [0.1, 0.15) is 17.8 Å². The summed E-state index contributed by atoms with van der Waals surface area (Å²) in [4.78, 5) is 1.21. The van der Waals surface area contributed by atoms with Crippen molar-refractivity contribution >= 4 is 11.3 Å². The molecule has 0 amide bonds. The van der Waals surface area contributed by atoms with Crippen molar-refractivity contribution in [3.05, 3.63) is 22.4 Å². The lowest BCUT2D eigenvalue weighted by molar-refractivity contribution is 0.164. The number of hydrogen-bond donors (Lipinski definition) is 3. The molecule has 4 heteroatoms. The third kappa shape index (κ3) is 3.08. The van der Waals surface area contributed by atoms with Crippen molar-refractivity contribution < 1.29 is 10.2 Å². The summed E-state index contributed by atoms with van der Waals surface area (Å²) in [5.74, 6) is 0. The maximum atomic E-state index is 8.85. The standard InChI is InChI=1S/C9H15NO2S/c1-7(9-3-2-4-13-9)10-8(5-11)6-12/h2-4,7-8,10-12H,5-6H2,1H3/t7-/m1/s1. The lowest BCUT2D eigenvalue weighted by Crippen LogP contribution is -2.37. The molecular formula is C9H15NO2S. The highest BCUT2D eigenvalue weighted by Gasteiger charge is 2.11. The molecule has 0 saturated carbocycles. The Labute approximate surface area is 82.0 Å². The molecule has 74 valence electrons. The van der Waals surface area contributed by atoms with E-state index in [0.717, 1.165) is 0 Å². The van der Waals surface area contributed by atoms with Crippen LogP contribution >= 0.6 is 11.3 Å². The van der Waals surface area contributed by atoms with Crippen LogP contribution in [0.2, 0.25) is 0 Å². The average Bonchev–Trinajstić information content (AvgIpc) is 2.66. The van der Waals surface area contributed by atoms with E-state index in [1.807, 2.05) is 24.4 Å². The Balaban J connectivity index is 2.45. The van der Waals surface area contributed by atoms with E-state index < -0.39 is 0 Å². The number of nitrogens with one attached hydrogen (secondary N) is 1. The quantitative estimate of drug-likeness (QED) is 0.659. The molecule has 1 aromatic rings. The van der Waals surface area contributed by atoms with Crippen LogP contribution in [0.15, 0.2) is 17.5 Å². The Bertz CT molecular complexity index is 222. The largest absolute Gasteiger partial charge is 0.395 e. The zero-order chi connectivity index (χ0) is 9.68. The number of aliphatic hydroxyl groups excluding tert-OH is 2. The Hall–Kier alpha value is -0.420. The number of aliphatic hydroxyl groups is 2. The molecule has 1 atom stereocenters. The highest BCUT2D eigenvalue weighted by molar-refractivity contribution is 7.10. The monoisotopic (exact) mass is 201 g/mol. The molecule has 3 nitrogen and oxygen atoms in total. The van der Waals surface area contributed by atoms with Gasteiger partial charge in [-0.3, -0.25) is 0 Å². The molecule has 0 bridgehead atoms. The van der Waals surface area contributed by atoms with Crippen LogP contribution in [0.3, 0.4) is 0 Å². The van der Waals surface area contributed by atoms with E-state index in [0.29, 0.717) is 0 Å². The van der Waals surface area contributed by atoms with Crippen LogP contribution < -0.4 is 5.32 Å². The summed E-state index contributed by atoms with van der Waals surface area (Å²) >= 11 is 1.67. The van der Waals surface area contributed by atoms with Gasteiger partial charge in [0.15, 0.2) is 0 Å². The number of rotatable bonds is 5. The van der Waals surface area contributed by atoms with Gasteiger partial charge in [0.1, 0.15) is 0 Å². The van der Waals surface area contributed by atoms with Crippen molar-refractivity contribution in [1.82, 2.24) is 5.32 Å². The highest BCUT2D eigenvalue weighted by Crippen LogP contribution is 2.18. The van der Waals surface area contributed by atoms with E-state index >= 15 is 0 Å². The minimum atomic E-state index is -0.225. The van der Waals surface area contributed by atoms with Crippen LogP contribution in [-0.2, 0) is 0 Å². The normalized spacial score (nSPS) is 13.5. The molecule has 1 rings (SSSR count). The summed E-state index contributed by atoms with van der Waals surface area (Å²) in [6.07, 6.45) is 0. The minimum Gasteiger partial charge on any atom is -0.395 e. The van der Waals surface area contributed by atoms with E-state index in [4.69, 9.17) is 10.2 Å². The fourth-order valence-electron chi connectivity index (χ4n) is 1.14. The molecule has 0 aromatic carbocycles. The highest BCUT2D eigenvalue weighted by atomic mass is 32.1. The molecule has 0 fully saturated rings. The molecule has 1 aromatic heterocycles. The van der Waals surface area contributed by atoms with Crippen LogP contribution in [0, 0.1) is 0 Å². The zero-order valence-corrected chi connectivity index (χ0v) is 8.42. The maximum absolute atomic E-state index is 8.85. The molecule has 0 aliphatic heterocycles. The number of hydrogen-bond acceptors (Lipinski definition) is 4. The van der Waals surface area contributed by atoms with Gasteiger partial charge in [0.2, 0.25) is 0 Å². The van der Waals surface area contributed by atoms with Gasteiger partial charge >= 0.3 is 0 Å². The topological polar surface area (TPSA) is 52.5 Å². The molecule has 0 unspecified atom stereocenters. The first-order chi connectivity index (χ1) is 6.27. The molecule has 3 N–H and O–H groups in total.